The normalized spacial score (nSPS) is 11.2. The average Bonchev–Trinajstić information content (AvgIpc) is 2.69. The number of hydrogen-bond donors (Lipinski definition) is 1. The van der Waals surface area contributed by atoms with Crippen molar-refractivity contribution in [2.75, 3.05) is 20.3 Å². The van der Waals surface area contributed by atoms with E-state index < -0.39 is 0 Å². The summed E-state index contributed by atoms with van der Waals surface area (Å²) in [6, 6.07) is 0. The molecule has 0 saturated heterocycles. The monoisotopic (exact) mass is 225 g/mol. The molecule has 0 spiro atoms. The maximum Gasteiger partial charge on any atom is 0.122 e. The molecule has 0 atom stereocenters. The Labute approximate surface area is 98.0 Å². The second kappa shape index (κ2) is 7.41. The van der Waals surface area contributed by atoms with E-state index in [0.29, 0.717) is 0 Å². The van der Waals surface area contributed by atoms with Crippen LogP contribution in [0.1, 0.15) is 26.1 Å². The van der Waals surface area contributed by atoms with Crippen molar-refractivity contribution in [1.82, 2.24) is 14.9 Å². The SMILES string of the molecule is COCCNCc1nccn1CCC(C)C. The van der Waals surface area contributed by atoms with E-state index in [-0.39, 0.29) is 0 Å². The molecule has 92 valence electrons. The van der Waals surface area contributed by atoms with E-state index in [0.717, 1.165) is 38.0 Å². The minimum Gasteiger partial charge on any atom is -0.383 e. The molecule has 1 aromatic heterocycles. The molecule has 0 fully saturated rings. The third-order valence-electron chi connectivity index (χ3n) is 2.52. The zero-order valence-electron chi connectivity index (χ0n) is 10.6. The highest BCUT2D eigenvalue weighted by atomic mass is 16.5. The first-order valence-corrected chi connectivity index (χ1v) is 5.93. The molecule has 1 aromatic rings. The van der Waals surface area contributed by atoms with Crippen molar-refractivity contribution in [2.24, 2.45) is 5.92 Å². The Bertz CT molecular complexity index is 284. The maximum absolute atomic E-state index is 4.98. The van der Waals surface area contributed by atoms with Gasteiger partial charge in [0, 0.05) is 32.6 Å². The third kappa shape index (κ3) is 4.77. The van der Waals surface area contributed by atoms with Crippen molar-refractivity contribution in [3.05, 3.63) is 18.2 Å². The molecule has 4 nitrogen and oxygen atoms in total. The number of imidazole rings is 1. The molecule has 0 radical (unpaired) electrons. The molecule has 1 heterocycles. The van der Waals surface area contributed by atoms with Crippen LogP contribution in [0.2, 0.25) is 0 Å². The van der Waals surface area contributed by atoms with Crippen LogP contribution in [0.25, 0.3) is 0 Å². The number of aryl methyl sites for hydroxylation is 1. The fourth-order valence-electron chi connectivity index (χ4n) is 1.48. The van der Waals surface area contributed by atoms with Gasteiger partial charge in [-0.3, -0.25) is 0 Å². The molecule has 16 heavy (non-hydrogen) atoms. The van der Waals surface area contributed by atoms with Gasteiger partial charge in [0.2, 0.25) is 0 Å². The Balaban J connectivity index is 2.32. The van der Waals surface area contributed by atoms with Gasteiger partial charge < -0.3 is 14.6 Å². The number of nitrogens with one attached hydrogen (secondary N) is 1. The number of hydrogen-bond acceptors (Lipinski definition) is 3. The van der Waals surface area contributed by atoms with Gasteiger partial charge in [-0.15, -0.1) is 0 Å². The topological polar surface area (TPSA) is 39.1 Å². The van der Waals surface area contributed by atoms with Crippen molar-refractivity contribution < 1.29 is 4.74 Å². The van der Waals surface area contributed by atoms with Crippen molar-refractivity contribution in [2.45, 2.75) is 33.4 Å². The molecule has 0 aliphatic rings. The van der Waals surface area contributed by atoms with E-state index in [1.165, 1.54) is 6.42 Å². The van der Waals surface area contributed by atoms with Gasteiger partial charge in [-0.1, -0.05) is 13.8 Å². The van der Waals surface area contributed by atoms with Crippen LogP contribution < -0.4 is 5.32 Å². The van der Waals surface area contributed by atoms with Crippen molar-refractivity contribution >= 4 is 0 Å². The Hall–Kier alpha value is -0.870. The second-order valence-electron chi connectivity index (χ2n) is 4.39. The summed E-state index contributed by atoms with van der Waals surface area (Å²) in [7, 11) is 1.71. The summed E-state index contributed by atoms with van der Waals surface area (Å²) in [5.41, 5.74) is 0. The molecule has 0 saturated carbocycles. The van der Waals surface area contributed by atoms with E-state index in [1.807, 2.05) is 6.20 Å². The lowest BCUT2D eigenvalue weighted by molar-refractivity contribution is 0.198. The van der Waals surface area contributed by atoms with Crippen LogP contribution in [-0.4, -0.2) is 29.8 Å². The summed E-state index contributed by atoms with van der Waals surface area (Å²) < 4.78 is 7.20. The maximum atomic E-state index is 4.98. The van der Waals surface area contributed by atoms with Gasteiger partial charge in [-0.05, 0) is 12.3 Å². The predicted octanol–water partition coefficient (Wildman–Crippen LogP) is 1.67. The van der Waals surface area contributed by atoms with Crippen LogP contribution in [0, 0.1) is 5.92 Å². The van der Waals surface area contributed by atoms with Crippen LogP contribution in [0.4, 0.5) is 0 Å². The summed E-state index contributed by atoms with van der Waals surface area (Å²) in [5, 5.41) is 3.31. The zero-order chi connectivity index (χ0) is 11.8. The van der Waals surface area contributed by atoms with Crippen LogP contribution in [0.5, 0.6) is 0 Å². The van der Waals surface area contributed by atoms with Gasteiger partial charge in [-0.2, -0.15) is 0 Å². The Morgan fingerprint density at radius 2 is 2.31 bits per heavy atom. The molecule has 0 unspecified atom stereocenters. The molecule has 1 rings (SSSR count). The highest BCUT2D eigenvalue weighted by molar-refractivity contribution is 4.91. The number of methoxy groups -OCH3 is 1. The molecular weight excluding hydrogens is 202 g/mol. The predicted molar refractivity (Wildman–Crippen MR) is 65.3 cm³/mol. The molecule has 0 aliphatic heterocycles. The summed E-state index contributed by atoms with van der Waals surface area (Å²) in [6.45, 7) is 7.97. The van der Waals surface area contributed by atoms with Crippen molar-refractivity contribution in [3.63, 3.8) is 0 Å². The van der Waals surface area contributed by atoms with E-state index >= 15 is 0 Å². The zero-order valence-corrected chi connectivity index (χ0v) is 10.6. The molecule has 0 aromatic carbocycles. The van der Waals surface area contributed by atoms with Crippen LogP contribution in [-0.2, 0) is 17.8 Å². The lowest BCUT2D eigenvalue weighted by Crippen LogP contribution is -2.21. The Morgan fingerprint density at radius 1 is 1.50 bits per heavy atom. The van der Waals surface area contributed by atoms with E-state index in [2.05, 4.69) is 34.9 Å². The number of ether oxygens (including phenoxy) is 1. The molecule has 0 amide bonds. The first-order chi connectivity index (χ1) is 7.74. The summed E-state index contributed by atoms with van der Waals surface area (Å²) >= 11 is 0. The number of rotatable bonds is 8. The van der Waals surface area contributed by atoms with Gasteiger partial charge in [0.05, 0.1) is 13.2 Å². The summed E-state index contributed by atoms with van der Waals surface area (Å²) in [6.07, 6.45) is 5.12. The van der Waals surface area contributed by atoms with Gasteiger partial charge in [-0.25, -0.2) is 4.98 Å². The number of aromatic nitrogens is 2. The van der Waals surface area contributed by atoms with Gasteiger partial charge in [0.15, 0.2) is 0 Å². The Kier molecular flexibility index (Phi) is 6.11. The molecular formula is C12H23N3O. The fourth-order valence-corrected chi connectivity index (χ4v) is 1.48. The first-order valence-electron chi connectivity index (χ1n) is 5.93. The highest BCUT2D eigenvalue weighted by Crippen LogP contribution is 2.05. The summed E-state index contributed by atoms with van der Waals surface area (Å²) in [4.78, 5) is 4.35. The van der Waals surface area contributed by atoms with Crippen molar-refractivity contribution in [1.29, 1.82) is 0 Å². The molecule has 1 N–H and O–H groups in total. The molecule has 0 aliphatic carbocycles. The minimum atomic E-state index is 0.733. The van der Waals surface area contributed by atoms with Gasteiger partial charge in [0.25, 0.3) is 0 Å². The smallest absolute Gasteiger partial charge is 0.122 e. The largest absolute Gasteiger partial charge is 0.383 e. The van der Waals surface area contributed by atoms with Gasteiger partial charge in [0.1, 0.15) is 5.82 Å². The Morgan fingerprint density at radius 3 is 3.00 bits per heavy atom. The minimum absolute atomic E-state index is 0.733. The van der Waals surface area contributed by atoms with E-state index in [9.17, 15) is 0 Å². The first kappa shape index (κ1) is 13.2. The van der Waals surface area contributed by atoms with Crippen LogP contribution in [0.3, 0.4) is 0 Å². The third-order valence-corrected chi connectivity index (χ3v) is 2.52. The molecule has 4 heteroatoms. The number of nitrogens with zero attached hydrogens (tertiary/aromatic N) is 2. The second-order valence-corrected chi connectivity index (χ2v) is 4.39. The standard InChI is InChI=1S/C12H23N3O/c1-11(2)4-7-15-8-5-14-12(15)10-13-6-9-16-3/h5,8,11,13H,4,6-7,9-10H2,1-3H3. The lowest BCUT2D eigenvalue weighted by Gasteiger charge is -2.10. The highest BCUT2D eigenvalue weighted by Gasteiger charge is 2.02. The van der Waals surface area contributed by atoms with E-state index in [1.54, 1.807) is 7.11 Å². The van der Waals surface area contributed by atoms with Gasteiger partial charge >= 0.3 is 0 Å². The lowest BCUT2D eigenvalue weighted by atomic mass is 10.1. The van der Waals surface area contributed by atoms with Crippen molar-refractivity contribution in [3.8, 4) is 0 Å². The fraction of sp³-hybridized carbons (Fsp3) is 0.750. The van der Waals surface area contributed by atoms with E-state index in [4.69, 9.17) is 4.74 Å². The van der Waals surface area contributed by atoms with Crippen LogP contribution in [0.15, 0.2) is 12.4 Å². The quantitative estimate of drug-likeness (QED) is 0.684. The van der Waals surface area contributed by atoms with Crippen LogP contribution >= 0.6 is 0 Å². The summed E-state index contributed by atoms with van der Waals surface area (Å²) in [5.74, 6) is 1.84. The average molecular weight is 225 g/mol. The molecule has 0 bridgehead atoms.